The predicted molar refractivity (Wildman–Crippen MR) is 104 cm³/mol. The Bertz CT molecular complexity index is 947. The smallest absolute Gasteiger partial charge is 0.320 e. The van der Waals surface area contributed by atoms with Crippen LogP contribution in [0.2, 0.25) is 10.0 Å². The van der Waals surface area contributed by atoms with Crippen LogP contribution in [0.3, 0.4) is 0 Å². The van der Waals surface area contributed by atoms with E-state index < -0.39 is 6.03 Å². The number of anilines is 1. The van der Waals surface area contributed by atoms with E-state index in [9.17, 15) is 4.79 Å². The number of ether oxygens (including phenoxy) is 2. The molecule has 0 spiro atoms. The maximum Gasteiger partial charge on any atom is 0.320 e. The zero-order chi connectivity index (χ0) is 19.2. The number of carbonyl (C=O) groups is 1. The molecule has 0 unspecified atom stereocenters. The summed E-state index contributed by atoms with van der Waals surface area (Å²) in [4.78, 5) is 16.3. The van der Waals surface area contributed by atoms with Crippen LogP contribution < -0.4 is 15.4 Å². The average Bonchev–Trinajstić information content (AvgIpc) is 3.05. The number of nitrogens with one attached hydrogen (secondary N) is 3. The first-order valence-corrected chi connectivity index (χ1v) is 8.77. The topological polar surface area (TPSA) is 101 Å². The fourth-order valence-electron chi connectivity index (χ4n) is 2.28. The summed E-state index contributed by atoms with van der Waals surface area (Å²) in [7, 11) is 1.60. The van der Waals surface area contributed by atoms with Crippen molar-refractivity contribution in [3.05, 3.63) is 46.1 Å². The number of hydrogen-bond donors (Lipinski definition) is 3. The lowest BCUT2D eigenvalue weighted by Gasteiger charge is -2.08. The highest BCUT2D eigenvalue weighted by molar-refractivity contribution is 6.42. The van der Waals surface area contributed by atoms with Crippen LogP contribution in [-0.2, 0) is 11.3 Å². The third-order valence-electron chi connectivity index (χ3n) is 3.62. The highest BCUT2D eigenvalue weighted by Gasteiger charge is 2.10. The van der Waals surface area contributed by atoms with Gasteiger partial charge in [-0.1, -0.05) is 29.3 Å². The van der Waals surface area contributed by atoms with Crippen molar-refractivity contribution in [1.82, 2.24) is 20.5 Å². The standard InChI is InChI=1S/C17H17Cl2N5O3/c1-26-4-5-27-16-11-9-20-15(7-14(11)23-24-16)22-17(25)21-8-10-2-3-12(18)13(19)6-10/h2-3,6-7,9H,4-5,8H2,1H3,(H,23,24)(H2,20,21,22,25). The molecule has 0 bridgehead atoms. The van der Waals surface area contributed by atoms with Crippen molar-refractivity contribution in [3.8, 4) is 5.88 Å². The Morgan fingerprint density at radius 3 is 2.85 bits per heavy atom. The molecule has 8 nitrogen and oxygen atoms in total. The fraction of sp³-hybridized carbons (Fsp3) is 0.235. The van der Waals surface area contributed by atoms with Crippen molar-refractivity contribution >= 4 is 46.0 Å². The van der Waals surface area contributed by atoms with Crippen molar-refractivity contribution in [2.75, 3.05) is 25.6 Å². The third kappa shape index (κ3) is 5.00. The molecule has 0 fully saturated rings. The quantitative estimate of drug-likeness (QED) is 0.517. The molecule has 2 amide bonds. The van der Waals surface area contributed by atoms with E-state index in [1.54, 1.807) is 37.6 Å². The number of halogens is 2. The van der Waals surface area contributed by atoms with E-state index in [4.69, 9.17) is 32.7 Å². The van der Waals surface area contributed by atoms with Crippen molar-refractivity contribution in [2.45, 2.75) is 6.54 Å². The van der Waals surface area contributed by atoms with Crippen molar-refractivity contribution in [1.29, 1.82) is 0 Å². The normalized spacial score (nSPS) is 10.8. The molecular weight excluding hydrogens is 393 g/mol. The van der Waals surface area contributed by atoms with E-state index in [0.717, 1.165) is 5.56 Å². The monoisotopic (exact) mass is 409 g/mol. The summed E-state index contributed by atoms with van der Waals surface area (Å²) < 4.78 is 10.4. The Labute approximate surface area is 165 Å². The lowest BCUT2D eigenvalue weighted by molar-refractivity contribution is 0.144. The molecule has 3 rings (SSSR count). The van der Waals surface area contributed by atoms with Crippen LogP contribution in [0.4, 0.5) is 10.6 Å². The van der Waals surface area contributed by atoms with Crippen molar-refractivity contribution < 1.29 is 14.3 Å². The summed E-state index contributed by atoms with van der Waals surface area (Å²) >= 11 is 11.8. The number of fused-ring (bicyclic) bond motifs is 1. The summed E-state index contributed by atoms with van der Waals surface area (Å²) in [5.74, 6) is 0.811. The molecule has 0 aliphatic heterocycles. The number of rotatable bonds is 7. The molecule has 0 aliphatic rings. The maximum atomic E-state index is 12.1. The number of pyridine rings is 1. The molecule has 0 saturated heterocycles. The third-order valence-corrected chi connectivity index (χ3v) is 4.36. The van der Waals surface area contributed by atoms with Crippen LogP contribution in [0.1, 0.15) is 5.56 Å². The van der Waals surface area contributed by atoms with Gasteiger partial charge in [-0.3, -0.25) is 10.4 Å². The van der Waals surface area contributed by atoms with Crippen molar-refractivity contribution in [3.63, 3.8) is 0 Å². The molecule has 10 heteroatoms. The Morgan fingerprint density at radius 2 is 2.07 bits per heavy atom. The van der Waals surface area contributed by atoms with Gasteiger partial charge in [0.05, 0.1) is 27.6 Å². The second-order valence-electron chi connectivity index (χ2n) is 5.54. The maximum absolute atomic E-state index is 12.1. The summed E-state index contributed by atoms with van der Waals surface area (Å²) in [6.07, 6.45) is 1.58. The lowest BCUT2D eigenvalue weighted by atomic mass is 10.2. The first-order chi connectivity index (χ1) is 13.1. The SMILES string of the molecule is COCCOc1n[nH]c2cc(NC(=O)NCc3ccc(Cl)c(Cl)c3)ncc12. The molecule has 27 heavy (non-hydrogen) atoms. The Balaban J connectivity index is 1.58. The van der Waals surface area contributed by atoms with E-state index in [0.29, 0.717) is 52.4 Å². The zero-order valence-electron chi connectivity index (χ0n) is 14.4. The van der Waals surface area contributed by atoms with E-state index in [1.807, 2.05) is 0 Å². The number of aromatic amines is 1. The van der Waals surface area contributed by atoms with Gasteiger partial charge in [-0.25, -0.2) is 9.78 Å². The van der Waals surface area contributed by atoms with Crippen LogP contribution in [0.25, 0.3) is 10.9 Å². The van der Waals surface area contributed by atoms with E-state index in [-0.39, 0.29) is 0 Å². The van der Waals surface area contributed by atoms with Crippen LogP contribution in [-0.4, -0.2) is 41.5 Å². The van der Waals surface area contributed by atoms with Gasteiger partial charge in [-0.2, -0.15) is 0 Å². The molecule has 1 aromatic carbocycles. The first kappa shape index (κ1) is 19.2. The molecule has 0 saturated carbocycles. The second-order valence-corrected chi connectivity index (χ2v) is 6.36. The molecular formula is C17H17Cl2N5O3. The summed E-state index contributed by atoms with van der Waals surface area (Å²) in [6, 6.07) is 6.44. The Hall–Kier alpha value is -2.55. The number of H-pyrrole nitrogens is 1. The summed E-state index contributed by atoms with van der Waals surface area (Å²) in [5, 5.41) is 13.9. The number of hydrogen-bond acceptors (Lipinski definition) is 5. The largest absolute Gasteiger partial charge is 0.474 e. The van der Waals surface area contributed by atoms with Crippen LogP contribution in [0, 0.1) is 0 Å². The summed E-state index contributed by atoms with van der Waals surface area (Å²) in [5.41, 5.74) is 1.52. The average molecular weight is 410 g/mol. The van der Waals surface area contributed by atoms with E-state index in [2.05, 4.69) is 25.8 Å². The lowest BCUT2D eigenvalue weighted by Crippen LogP contribution is -2.28. The van der Waals surface area contributed by atoms with Gasteiger partial charge >= 0.3 is 6.03 Å². The van der Waals surface area contributed by atoms with Crippen LogP contribution in [0.15, 0.2) is 30.5 Å². The minimum absolute atomic E-state index is 0.298. The Kier molecular flexibility index (Phi) is 6.33. The minimum atomic E-state index is -0.399. The Morgan fingerprint density at radius 1 is 1.22 bits per heavy atom. The van der Waals surface area contributed by atoms with Gasteiger partial charge in [0.25, 0.3) is 0 Å². The van der Waals surface area contributed by atoms with Gasteiger partial charge in [0.2, 0.25) is 5.88 Å². The van der Waals surface area contributed by atoms with Gasteiger partial charge in [0.1, 0.15) is 12.4 Å². The number of nitrogens with zero attached hydrogens (tertiary/aromatic N) is 2. The van der Waals surface area contributed by atoms with Gasteiger partial charge in [0.15, 0.2) is 0 Å². The summed E-state index contributed by atoms with van der Waals surface area (Å²) in [6.45, 7) is 1.14. The van der Waals surface area contributed by atoms with Crippen LogP contribution >= 0.6 is 23.2 Å². The van der Waals surface area contributed by atoms with E-state index in [1.165, 1.54) is 0 Å². The van der Waals surface area contributed by atoms with Gasteiger partial charge < -0.3 is 14.8 Å². The molecule has 2 heterocycles. The van der Waals surface area contributed by atoms with Gasteiger partial charge in [-0.05, 0) is 17.7 Å². The molecule has 0 atom stereocenters. The minimum Gasteiger partial charge on any atom is -0.474 e. The number of carbonyl (C=O) groups excluding carboxylic acids is 1. The highest BCUT2D eigenvalue weighted by Crippen LogP contribution is 2.24. The number of methoxy groups -OCH3 is 1. The number of urea groups is 1. The molecule has 142 valence electrons. The second kappa shape index (κ2) is 8.90. The molecule has 3 aromatic rings. The molecule has 3 N–H and O–H groups in total. The molecule has 0 aliphatic carbocycles. The number of amides is 2. The fourth-order valence-corrected chi connectivity index (χ4v) is 2.60. The highest BCUT2D eigenvalue weighted by atomic mass is 35.5. The van der Waals surface area contributed by atoms with E-state index >= 15 is 0 Å². The van der Waals surface area contributed by atoms with Crippen molar-refractivity contribution in [2.24, 2.45) is 0 Å². The van der Waals surface area contributed by atoms with Gasteiger partial charge in [-0.15, -0.1) is 5.10 Å². The first-order valence-electron chi connectivity index (χ1n) is 8.01. The van der Waals surface area contributed by atoms with Crippen LogP contribution in [0.5, 0.6) is 5.88 Å². The zero-order valence-corrected chi connectivity index (χ0v) is 15.9. The van der Waals surface area contributed by atoms with Gasteiger partial charge in [0, 0.05) is 25.9 Å². The molecule has 0 radical (unpaired) electrons. The number of aromatic nitrogens is 3. The predicted octanol–water partition coefficient (Wildman–Crippen LogP) is 3.61. The number of benzene rings is 1. The molecule has 2 aromatic heterocycles.